The molecule has 0 amide bonds. The van der Waals surface area contributed by atoms with E-state index >= 15 is 0 Å². The Kier molecular flexibility index (Phi) is 5.52. The Morgan fingerprint density at radius 1 is 1.10 bits per heavy atom. The summed E-state index contributed by atoms with van der Waals surface area (Å²) in [6, 6.07) is 8.61. The van der Waals surface area contributed by atoms with Crippen LogP contribution in [0.4, 0.5) is 5.69 Å². The number of piperidine rings is 1. The third-order valence-corrected chi connectivity index (χ3v) is 6.32. The Morgan fingerprint density at radius 2 is 1.79 bits per heavy atom. The maximum absolute atomic E-state index is 6.11. The number of nitrogens with two attached hydrogens (primary N) is 2. The van der Waals surface area contributed by atoms with E-state index in [2.05, 4.69) is 65.6 Å². The molecule has 0 radical (unpaired) electrons. The van der Waals surface area contributed by atoms with Gasteiger partial charge in [-0.3, -0.25) is 5.32 Å². The number of anilines is 1. The molecule has 0 aromatic heterocycles. The highest BCUT2D eigenvalue weighted by Gasteiger charge is 2.33. The third-order valence-electron chi connectivity index (χ3n) is 6.32. The summed E-state index contributed by atoms with van der Waals surface area (Å²) in [5, 5.41) is 3.56. The standard InChI is InChI=1S/C22H33N7/c1-15-25-12-17(14-27(15)2)20-13-26-22(29-10-8-19(24)9-11-29)28(3)21(20)16-4-6-18(23)7-5-16/h4-7,13-15,19,21,25H,8-12,23-24H2,1-3H3. The maximum Gasteiger partial charge on any atom is 0.201 e. The van der Waals surface area contributed by atoms with Crippen LogP contribution in [0, 0.1) is 0 Å². The van der Waals surface area contributed by atoms with Gasteiger partial charge in [-0.15, -0.1) is 0 Å². The summed E-state index contributed by atoms with van der Waals surface area (Å²) >= 11 is 0. The third kappa shape index (κ3) is 3.97. The van der Waals surface area contributed by atoms with Gasteiger partial charge in [0, 0.05) is 63.4 Å². The molecule has 0 bridgehead atoms. The van der Waals surface area contributed by atoms with Crippen LogP contribution in [0.5, 0.6) is 0 Å². The normalized spacial score (nSPS) is 26.2. The van der Waals surface area contributed by atoms with Crippen molar-refractivity contribution in [3.63, 3.8) is 0 Å². The van der Waals surface area contributed by atoms with Crippen molar-refractivity contribution in [3.05, 3.63) is 53.4 Å². The van der Waals surface area contributed by atoms with Crippen molar-refractivity contribution in [1.82, 2.24) is 20.0 Å². The van der Waals surface area contributed by atoms with E-state index in [0.717, 1.165) is 44.1 Å². The molecule has 2 atom stereocenters. The number of nitrogen functional groups attached to an aromatic ring is 1. The molecule has 5 N–H and O–H groups in total. The summed E-state index contributed by atoms with van der Waals surface area (Å²) in [4.78, 5) is 11.8. The van der Waals surface area contributed by atoms with Gasteiger partial charge < -0.3 is 26.2 Å². The molecule has 1 saturated heterocycles. The number of benzene rings is 1. The molecule has 1 fully saturated rings. The van der Waals surface area contributed by atoms with Gasteiger partial charge in [-0.1, -0.05) is 12.1 Å². The molecule has 3 aliphatic heterocycles. The SMILES string of the molecule is CC1NCC(C2=CN=C(N3CCC(N)CC3)N(C)C2c2ccc(N)cc2)=CN1C. The molecule has 1 aromatic rings. The highest BCUT2D eigenvalue weighted by atomic mass is 15.4. The van der Waals surface area contributed by atoms with Gasteiger partial charge in [0.25, 0.3) is 0 Å². The van der Waals surface area contributed by atoms with Gasteiger partial charge in [-0.2, -0.15) is 0 Å². The monoisotopic (exact) mass is 395 g/mol. The number of likely N-dealkylation sites (tertiary alicyclic amines) is 1. The number of guanidine groups is 1. The highest BCUT2D eigenvalue weighted by Crippen LogP contribution is 2.37. The molecule has 3 aliphatic rings. The van der Waals surface area contributed by atoms with E-state index in [1.54, 1.807) is 0 Å². The van der Waals surface area contributed by atoms with Gasteiger partial charge in [0.15, 0.2) is 0 Å². The fourth-order valence-electron chi connectivity index (χ4n) is 4.34. The lowest BCUT2D eigenvalue weighted by atomic mass is 9.90. The van der Waals surface area contributed by atoms with E-state index in [-0.39, 0.29) is 6.04 Å². The zero-order valence-electron chi connectivity index (χ0n) is 17.7. The summed E-state index contributed by atoms with van der Waals surface area (Å²) in [5.74, 6) is 1.02. The second kappa shape index (κ2) is 8.08. The van der Waals surface area contributed by atoms with Crippen LogP contribution in [-0.2, 0) is 0 Å². The van der Waals surface area contributed by atoms with Crippen LogP contribution in [0.3, 0.4) is 0 Å². The van der Waals surface area contributed by atoms with Crippen LogP contribution in [0.1, 0.15) is 31.4 Å². The van der Waals surface area contributed by atoms with E-state index in [1.807, 2.05) is 12.1 Å². The van der Waals surface area contributed by atoms with E-state index in [4.69, 9.17) is 16.5 Å². The smallest absolute Gasteiger partial charge is 0.201 e. The lowest BCUT2D eigenvalue weighted by Crippen LogP contribution is -2.51. The lowest BCUT2D eigenvalue weighted by Gasteiger charge is -2.43. The van der Waals surface area contributed by atoms with Crippen molar-refractivity contribution in [3.8, 4) is 0 Å². The number of likely N-dealkylation sites (N-methyl/N-ethyl adjacent to an activating group) is 1. The fourth-order valence-corrected chi connectivity index (χ4v) is 4.34. The van der Waals surface area contributed by atoms with Crippen LogP contribution in [0.25, 0.3) is 0 Å². The van der Waals surface area contributed by atoms with E-state index in [0.29, 0.717) is 12.2 Å². The average molecular weight is 396 g/mol. The molecule has 7 nitrogen and oxygen atoms in total. The quantitative estimate of drug-likeness (QED) is 0.661. The molecular formula is C22H33N7. The Morgan fingerprint density at radius 3 is 2.45 bits per heavy atom. The molecule has 0 spiro atoms. The predicted molar refractivity (Wildman–Crippen MR) is 119 cm³/mol. The van der Waals surface area contributed by atoms with E-state index in [9.17, 15) is 0 Å². The topological polar surface area (TPSA) is 86.2 Å². The molecule has 7 heteroatoms. The average Bonchev–Trinajstić information content (AvgIpc) is 2.71. The highest BCUT2D eigenvalue weighted by molar-refractivity contribution is 5.83. The summed E-state index contributed by atoms with van der Waals surface area (Å²) in [6.07, 6.45) is 6.64. The van der Waals surface area contributed by atoms with Crippen molar-refractivity contribution < 1.29 is 0 Å². The Labute approximate surface area is 173 Å². The molecular weight excluding hydrogens is 362 g/mol. The maximum atomic E-state index is 6.11. The van der Waals surface area contributed by atoms with Crippen molar-refractivity contribution in [2.24, 2.45) is 10.7 Å². The Hall–Kier alpha value is -2.51. The first-order valence-corrected chi connectivity index (χ1v) is 10.5. The number of hydrogen-bond donors (Lipinski definition) is 3. The lowest BCUT2D eigenvalue weighted by molar-refractivity contribution is 0.258. The molecule has 1 aromatic carbocycles. The molecule has 0 aliphatic carbocycles. The number of nitrogens with zero attached hydrogens (tertiary/aromatic N) is 4. The number of nitrogens with one attached hydrogen (secondary N) is 1. The number of hydrogen-bond acceptors (Lipinski definition) is 7. The van der Waals surface area contributed by atoms with Gasteiger partial charge in [0.05, 0.1) is 12.2 Å². The van der Waals surface area contributed by atoms with Gasteiger partial charge in [0.2, 0.25) is 5.96 Å². The molecule has 2 unspecified atom stereocenters. The molecule has 0 saturated carbocycles. The Balaban J connectivity index is 1.71. The minimum atomic E-state index is 0.0913. The largest absolute Gasteiger partial charge is 0.399 e. The number of aliphatic imine (C=N–C) groups is 1. The van der Waals surface area contributed by atoms with Gasteiger partial charge >= 0.3 is 0 Å². The van der Waals surface area contributed by atoms with Gasteiger partial charge in [-0.25, -0.2) is 4.99 Å². The minimum Gasteiger partial charge on any atom is -0.399 e. The van der Waals surface area contributed by atoms with Crippen molar-refractivity contribution in [2.75, 3.05) is 39.5 Å². The Bertz CT molecular complexity index is 818. The molecule has 4 rings (SSSR count). The summed E-state index contributed by atoms with van der Waals surface area (Å²) in [7, 11) is 4.25. The van der Waals surface area contributed by atoms with Crippen LogP contribution < -0.4 is 16.8 Å². The van der Waals surface area contributed by atoms with Crippen LogP contribution in [0.15, 0.2) is 52.8 Å². The molecule has 156 valence electrons. The first-order valence-electron chi connectivity index (χ1n) is 10.5. The first kappa shape index (κ1) is 19.8. The van der Waals surface area contributed by atoms with Gasteiger partial charge in [0.1, 0.15) is 0 Å². The van der Waals surface area contributed by atoms with Crippen LogP contribution in [-0.4, -0.2) is 66.6 Å². The fraction of sp³-hybridized carbons (Fsp3) is 0.500. The second-order valence-corrected chi connectivity index (χ2v) is 8.39. The molecule has 29 heavy (non-hydrogen) atoms. The van der Waals surface area contributed by atoms with E-state index in [1.165, 1.54) is 16.7 Å². The van der Waals surface area contributed by atoms with Crippen molar-refractivity contribution in [1.29, 1.82) is 0 Å². The first-order chi connectivity index (χ1) is 13.9. The second-order valence-electron chi connectivity index (χ2n) is 8.39. The minimum absolute atomic E-state index is 0.0913. The van der Waals surface area contributed by atoms with Crippen molar-refractivity contribution >= 4 is 11.6 Å². The van der Waals surface area contributed by atoms with Crippen LogP contribution in [0.2, 0.25) is 0 Å². The van der Waals surface area contributed by atoms with E-state index < -0.39 is 0 Å². The van der Waals surface area contributed by atoms with Crippen LogP contribution >= 0.6 is 0 Å². The zero-order valence-corrected chi connectivity index (χ0v) is 17.7. The van der Waals surface area contributed by atoms with Gasteiger partial charge in [-0.05, 0) is 43.0 Å². The summed E-state index contributed by atoms with van der Waals surface area (Å²) < 4.78 is 0. The number of rotatable bonds is 2. The zero-order chi connectivity index (χ0) is 20.5. The predicted octanol–water partition coefficient (Wildman–Crippen LogP) is 1.68. The van der Waals surface area contributed by atoms with Crippen molar-refractivity contribution in [2.45, 2.75) is 38.0 Å². The summed E-state index contributed by atoms with van der Waals surface area (Å²) in [6.45, 7) is 4.91. The molecule has 3 heterocycles. The summed E-state index contributed by atoms with van der Waals surface area (Å²) in [5.41, 5.74) is 16.6.